The smallest absolute Gasteiger partial charge is 0.355 e. The molecule has 8 rings (SSSR count). The first-order valence-electron chi connectivity index (χ1n) is 25.3. The van der Waals surface area contributed by atoms with Crippen molar-refractivity contribution in [2.24, 2.45) is 0 Å². The van der Waals surface area contributed by atoms with Crippen molar-refractivity contribution in [3.05, 3.63) is 142 Å². The molecule has 0 radical (unpaired) electrons. The van der Waals surface area contributed by atoms with E-state index in [-0.39, 0.29) is 50.4 Å². The molecule has 0 unspecified atom stereocenters. The van der Waals surface area contributed by atoms with Crippen LogP contribution in [0.2, 0.25) is 0 Å². The molecular weight excluding hydrogens is 1010 g/mol. The third-order valence-corrected chi connectivity index (χ3v) is 14.9. The lowest BCUT2D eigenvalue weighted by Gasteiger charge is -2.44. The summed E-state index contributed by atoms with van der Waals surface area (Å²) >= 11 is 0. The standard InChI is InChI=1S/C54H60F12N6O3/c55-51(56,57)41-27-39(28-42(33-41)52(58,59)60)31-47(49(73)71-15-11-45(12-16-71)69-23-19-67(20-24-69)35-37-7-3-1-4-8-37)75-48(32-40-29-43(53(61,62)63)34-44(30-40)54(64,65)66)50(74)72-17-13-46(14-18-72)70-25-21-68(22-26-70)36-38-9-5-2-6-10-38/h1-10,27-30,33-34,45-48H,11-26,31-32,35-36H2/t47-,48-/m0/s1. The number of ether oxygens (including phenoxy) is 1. The molecule has 0 aromatic heterocycles. The second-order valence-electron chi connectivity index (χ2n) is 20.1. The molecule has 4 saturated heterocycles. The van der Waals surface area contributed by atoms with Gasteiger partial charge in [-0.25, -0.2) is 0 Å². The van der Waals surface area contributed by atoms with Gasteiger partial charge in [-0.3, -0.25) is 29.2 Å². The van der Waals surface area contributed by atoms with E-state index in [4.69, 9.17) is 4.74 Å². The summed E-state index contributed by atoms with van der Waals surface area (Å²) in [6, 6.07) is 21.5. The number of carbonyl (C=O) groups is 2. The molecule has 75 heavy (non-hydrogen) atoms. The summed E-state index contributed by atoms with van der Waals surface area (Å²) in [7, 11) is 0. The van der Waals surface area contributed by atoms with Crippen LogP contribution < -0.4 is 0 Å². The number of hydrogen-bond donors (Lipinski definition) is 0. The molecular formula is C54H60F12N6O3. The van der Waals surface area contributed by atoms with Crippen molar-refractivity contribution in [3.8, 4) is 0 Å². The minimum atomic E-state index is -5.27. The Balaban J connectivity index is 1.04. The molecule has 9 nitrogen and oxygen atoms in total. The van der Waals surface area contributed by atoms with E-state index in [1.807, 2.05) is 60.7 Å². The Morgan fingerprint density at radius 1 is 0.413 bits per heavy atom. The zero-order valence-electron chi connectivity index (χ0n) is 41.1. The van der Waals surface area contributed by atoms with Gasteiger partial charge >= 0.3 is 24.7 Å². The molecule has 2 atom stereocenters. The molecule has 4 aliphatic rings. The molecule has 21 heteroatoms. The summed E-state index contributed by atoms with van der Waals surface area (Å²) in [5.41, 5.74) is -5.67. The van der Waals surface area contributed by atoms with Crippen molar-refractivity contribution in [1.82, 2.24) is 29.4 Å². The van der Waals surface area contributed by atoms with E-state index in [1.54, 1.807) is 0 Å². The number of hydrogen-bond acceptors (Lipinski definition) is 7. The van der Waals surface area contributed by atoms with E-state index in [0.29, 0.717) is 49.9 Å². The zero-order valence-corrected chi connectivity index (χ0v) is 41.1. The Labute approximate surface area is 428 Å². The molecule has 408 valence electrons. The van der Waals surface area contributed by atoms with E-state index in [1.165, 1.54) is 20.9 Å². The zero-order chi connectivity index (χ0) is 53.7. The number of benzene rings is 4. The number of piperazine rings is 2. The van der Waals surface area contributed by atoms with Crippen molar-refractivity contribution in [1.29, 1.82) is 0 Å². The summed E-state index contributed by atoms with van der Waals surface area (Å²) in [6.07, 6.45) is -25.3. The number of halogens is 12. The van der Waals surface area contributed by atoms with Crippen molar-refractivity contribution in [2.75, 3.05) is 78.5 Å². The van der Waals surface area contributed by atoms with Crippen molar-refractivity contribution >= 4 is 11.8 Å². The molecule has 0 saturated carbocycles. The van der Waals surface area contributed by atoms with Gasteiger partial charge in [0.15, 0.2) is 0 Å². The first-order chi connectivity index (χ1) is 35.5. The summed E-state index contributed by atoms with van der Waals surface area (Å²) in [4.78, 5) is 41.5. The van der Waals surface area contributed by atoms with Gasteiger partial charge in [0, 0.05) is 117 Å². The Bertz CT molecular complexity index is 2270. The van der Waals surface area contributed by atoms with Crippen LogP contribution in [0.5, 0.6) is 0 Å². The van der Waals surface area contributed by atoms with Gasteiger partial charge in [-0.05, 0) is 84.3 Å². The molecule has 4 aromatic carbocycles. The quantitative estimate of drug-likeness (QED) is 0.117. The lowest BCUT2D eigenvalue weighted by Crippen LogP contribution is -2.56. The average Bonchev–Trinajstić information content (AvgIpc) is 3.38. The van der Waals surface area contributed by atoms with Crippen LogP contribution in [0, 0.1) is 0 Å². The third-order valence-electron chi connectivity index (χ3n) is 14.9. The van der Waals surface area contributed by atoms with E-state index >= 15 is 0 Å². The lowest BCUT2D eigenvalue weighted by atomic mass is 9.96. The monoisotopic (exact) mass is 1070 g/mol. The Morgan fingerprint density at radius 2 is 0.707 bits per heavy atom. The second kappa shape index (κ2) is 23.6. The second-order valence-corrected chi connectivity index (χ2v) is 20.1. The van der Waals surface area contributed by atoms with Crippen LogP contribution in [0.25, 0.3) is 0 Å². The maximum absolute atomic E-state index is 14.8. The van der Waals surface area contributed by atoms with Crippen LogP contribution in [-0.4, -0.2) is 144 Å². The van der Waals surface area contributed by atoms with Crippen LogP contribution in [0.15, 0.2) is 97.1 Å². The van der Waals surface area contributed by atoms with Gasteiger partial charge in [-0.2, -0.15) is 52.7 Å². The largest absolute Gasteiger partial charge is 0.416 e. The molecule has 4 aromatic rings. The lowest BCUT2D eigenvalue weighted by molar-refractivity contribution is -0.159. The number of nitrogens with zero attached hydrogens (tertiary/aromatic N) is 6. The first kappa shape index (κ1) is 56.0. The number of carbonyl (C=O) groups excluding carboxylic acids is 2. The normalized spacial score (nSPS) is 19.8. The number of alkyl halides is 12. The maximum Gasteiger partial charge on any atom is 0.416 e. The van der Waals surface area contributed by atoms with Crippen LogP contribution in [0.4, 0.5) is 52.7 Å². The van der Waals surface area contributed by atoms with E-state index in [0.717, 1.165) is 65.4 Å². The van der Waals surface area contributed by atoms with Gasteiger partial charge in [0.05, 0.1) is 22.3 Å². The predicted octanol–water partition coefficient (Wildman–Crippen LogP) is 9.92. The maximum atomic E-state index is 14.8. The van der Waals surface area contributed by atoms with E-state index < -0.39 is 94.9 Å². The fourth-order valence-electron chi connectivity index (χ4n) is 10.9. The number of piperidine rings is 2. The minimum absolute atomic E-state index is 0.0178. The molecule has 4 heterocycles. The minimum Gasteiger partial charge on any atom is -0.355 e. The number of amides is 2. The summed E-state index contributed by atoms with van der Waals surface area (Å²) in [5, 5.41) is 0. The Kier molecular flexibility index (Phi) is 17.6. The van der Waals surface area contributed by atoms with Crippen molar-refractivity contribution < 1.29 is 67.0 Å². The van der Waals surface area contributed by atoms with Crippen LogP contribution in [-0.2, 0) is 65.0 Å². The van der Waals surface area contributed by atoms with Crippen molar-refractivity contribution in [3.63, 3.8) is 0 Å². The van der Waals surface area contributed by atoms with Gasteiger partial charge in [0.1, 0.15) is 12.2 Å². The van der Waals surface area contributed by atoms with Gasteiger partial charge in [0.25, 0.3) is 11.8 Å². The van der Waals surface area contributed by atoms with Crippen LogP contribution in [0.3, 0.4) is 0 Å². The fraction of sp³-hybridized carbons (Fsp3) is 0.519. The Morgan fingerprint density at radius 3 is 0.987 bits per heavy atom. The highest BCUT2D eigenvalue weighted by molar-refractivity contribution is 5.84. The summed E-state index contributed by atoms with van der Waals surface area (Å²) in [6.45, 7) is 7.88. The molecule has 0 N–H and O–H groups in total. The molecule has 4 aliphatic heterocycles. The summed E-state index contributed by atoms with van der Waals surface area (Å²) < 4.78 is 176. The first-order valence-corrected chi connectivity index (χ1v) is 25.3. The van der Waals surface area contributed by atoms with Crippen LogP contribution >= 0.6 is 0 Å². The van der Waals surface area contributed by atoms with Gasteiger partial charge < -0.3 is 14.5 Å². The van der Waals surface area contributed by atoms with Gasteiger partial charge in [-0.1, -0.05) is 60.7 Å². The van der Waals surface area contributed by atoms with E-state index in [2.05, 4.69) is 19.6 Å². The predicted molar refractivity (Wildman–Crippen MR) is 255 cm³/mol. The molecule has 0 spiro atoms. The topological polar surface area (TPSA) is 62.8 Å². The van der Waals surface area contributed by atoms with Crippen LogP contribution in [0.1, 0.15) is 70.2 Å². The average molecular weight is 1070 g/mol. The van der Waals surface area contributed by atoms with E-state index in [9.17, 15) is 62.3 Å². The summed E-state index contributed by atoms with van der Waals surface area (Å²) in [5.74, 6) is -1.81. The molecule has 4 fully saturated rings. The number of likely N-dealkylation sites (tertiary alicyclic amines) is 2. The van der Waals surface area contributed by atoms with Gasteiger partial charge in [-0.15, -0.1) is 0 Å². The third kappa shape index (κ3) is 15.0. The molecule has 2 amide bonds. The Hall–Kier alpha value is -5.22. The number of rotatable bonds is 14. The van der Waals surface area contributed by atoms with Crippen molar-refractivity contribution in [2.45, 2.75) is 101 Å². The highest BCUT2D eigenvalue weighted by atomic mass is 19.4. The molecule has 0 bridgehead atoms. The molecule has 0 aliphatic carbocycles. The fourth-order valence-corrected chi connectivity index (χ4v) is 10.9. The van der Waals surface area contributed by atoms with Gasteiger partial charge in [0.2, 0.25) is 0 Å². The highest BCUT2D eigenvalue weighted by Gasteiger charge is 2.42. The SMILES string of the molecule is O=C([C@H](Cc1cc(C(F)(F)F)cc(C(F)(F)F)c1)O[C@@H](Cc1cc(C(F)(F)F)cc(C(F)(F)F)c1)C(=O)N1CCC(N2CCN(Cc3ccccc3)CC2)CC1)N1CCC(N2CCN(Cc3ccccc3)CC2)CC1. The highest BCUT2D eigenvalue weighted by Crippen LogP contribution is 2.39.